The Labute approximate surface area is 213 Å². The number of aliphatic hydroxyl groups is 1. The lowest BCUT2D eigenvalue weighted by Gasteiger charge is -2.41. The second-order valence-corrected chi connectivity index (χ2v) is 10.3. The SMILES string of the molecule is Cn1nc(N2CCC(=O)NC2=O)c2ccc([C@@H]3CCN(CC4CCN(C(=O)CO)CC4)CC3(F)F)cc21. The number of likely N-dealkylation sites (tertiary alicyclic amines) is 2. The van der Waals surface area contributed by atoms with Gasteiger partial charge in [0.05, 0.1) is 18.0 Å². The van der Waals surface area contributed by atoms with Crippen LogP contribution in [0.25, 0.3) is 10.9 Å². The predicted octanol–water partition coefficient (Wildman–Crippen LogP) is 1.68. The molecule has 12 heteroatoms. The van der Waals surface area contributed by atoms with E-state index in [2.05, 4.69) is 10.4 Å². The van der Waals surface area contributed by atoms with Crippen molar-refractivity contribution in [2.24, 2.45) is 13.0 Å². The number of piperidine rings is 2. The van der Waals surface area contributed by atoms with Crippen LogP contribution in [0.15, 0.2) is 18.2 Å². The summed E-state index contributed by atoms with van der Waals surface area (Å²) in [6.07, 6.45) is 1.99. The Bertz CT molecular complexity index is 1210. The second-order valence-electron chi connectivity index (χ2n) is 10.3. The molecule has 3 saturated heterocycles. The van der Waals surface area contributed by atoms with E-state index in [-0.39, 0.29) is 37.2 Å². The fourth-order valence-electron chi connectivity index (χ4n) is 5.84. The molecule has 3 aliphatic heterocycles. The number of carbonyl (C=O) groups is 3. The van der Waals surface area contributed by atoms with Crippen molar-refractivity contribution in [2.45, 2.75) is 37.5 Å². The second kappa shape index (κ2) is 9.97. The number of carbonyl (C=O) groups excluding carboxylic acids is 3. The molecule has 3 aliphatic rings. The molecule has 3 fully saturated rings. The van der Waals surface area contributed by atoms with Crippen LogP contribution in [0.2, 0.25) is 0 Å². The summed E-state index contributed by atoms with van der Waals surface area (Å²) in [6, 6.07) is 4.63. The van der Waals surface area contributed by atoms with Crippen molar-refractivity contribution in [3.05, 3.63) is 23.8 Å². The zero-order valence-electron chi connectivity index (χ0n) is 20.8. The monoisotopic (exact) mass is 518 g/mol. The number of benzene rings is 1. The number of aliphatic hydroxyl groups excluding tert-OH is 1. The Morgan fingerprint density at radius 3 is 2.59 bits per heavy atom. The largest absolute Gasteiger partial charge is 0.387 e. The van der Waals surface area contributed by atoms with Gasteiger partial charge in [0, 0.05) is 45.0 Å². The molecule has 5 rings (SSSR count). The molecule has 37 heavy (non-hydrogen) atoms. The molecule has 200 valence electrons. The average Bonchev–Trinajstić information content (AvgIpc) is 3.19. The molecule has 0 aliphatic carbocycles. The first-order valence-corrected chi connectivity index (χ1v) is 12.7. The summed E-state index contributed by atoms with van der Waals surface area (Å²) in [5, 5.41) is 16.4. The number of hydrogen-bond donors (Lipinski definition) is 2. The van der Waals surface area contributed by atoms with Crippen molar-refractivity contribution in [3.8, 4) is 0 Å². The van der Waals surface area contributed by atoms with E-state index < -0.39 is 24.5 Å². The summed E-state index contributed by atoms with van der Waals surface area (Å²) in [4.78, 5) is 40.3. The maximum Gasteiger partial charge on any atom is 0.329 e. The Kier molecular flexibility index (Phi) is 6.88. The number of imide groups is 1. The van der Waals surface area contributed by atoms with Crippen LogP contribution in [0.1, 0.15) is 37.2 Å². The average molecular weight is 519 g/mol. The van der Waals surface area contributed by atoms with Gasteiger partial charge in [-0.05, 0) is 49.4 Å². The number of amides is 4. The van der Waals surface area contributed by atoms with E-state index in [0.717, 1.165) is 12.8 Å². The van der Waals surface area contributed by atoms with E-state index >= 15 is 8.78 Å². The quantitative estimate of drug-likeness (QED) is 0.623. The molecule has 0 radical (unpaired) electrons. The number of nitrogens with zero attached hydrogens (tertiary/aromatic N) is 5. The molecule has 2 aromatic rings. The molecule has 4 heterocycles. The highest BCUT2D eigenvalue weighted by molar-refractivity contribution is 6.08. The van der Waals surface area contributed by atoms with Gasteiger partial charge in [0.15, 0.2) is 5.82 Å². The molecule has 1 atom stereocenters. The Hall–Kier alpha value is -3.12. The first-order chi connectivity index (χ1) is 17.7. The van der Waals surface area contributed by atoms with Crippen molar-refractivity contribution in [2.75, 3.05) is 50.8 Å². The number of alkyl halides is 2. The summed E-state index contributed by atoms with van der Waals surface area (Å²) in [5.74, 6) is -3.79. The van der Waals surface area contributed by atoms with Crippen molar-refractivity contribution >= 4 is 34.6 Å². The number of aromatic nitrogens is 2. The van der Waals surface area contributed by atoms with E-state index in [1.165, 1.54) is 4.90 Å². The molecule has 0 unspecified atom stereocenters. The van der Waals surface area contributed by atoms with Gasteiger partial charge in [-0.3, -0.25) is 29.4 Å². The van der Waals surface area contributed by atoms with Gasteiger partial charge < -0.3 is 10.0 Å². The maximum absolute atomic E-state index is 15.4. The molecule has 1 aromatic carbocycles. The first kappa shape index (κ1) is 25.5. The number of aryl methyl sites for hydroxylation is 1. The van der Waals surface area contributed by atoms with E-state index in [9.17, 15) is 14.4 Å². The predicted molar refractivity (Wildman–Crippen MR) is 131 cm³/mol. The third-order valence-corrected chi connectivity index (χ3v) is 7.87. The normalized spacial score (nSPS) is 23.5. The van der Waals surface area contributed by atoms with E-state index in [0.29, 0.717) is 54.9 Å². The fourth-order valence-corrected chi connectivity index (χ4v) is 5.84. The minimum atomic E-state index is -2.91. The van der Waals surface area contributed by atoms with Gasteiger partial charge in [-0.2, -0.15) is 5.10 Å². The summed E-state index contributed by atoms with van der Waals surface area (Å²) >= 11 is 0. The highest BCUT2D eigenvalue weighted by Gasteiger charge is 2.46. The third-order valence-electron chi connectivity index (χ3n) is 7.87. The maximum atomic E-state index is 15.4. The van der Waals surface area contributed by atoms with Crippen LogP contribution in [-0.4, -0.2) is 94.3 Å². The Morgan fingerprint density at radius 1 is 1.16 bits per heavy atom. The van der Waals surface area contributed by atoms with Crippen LogP contribution in [0.5, 0.6) is 0 Å². The standard InChI is InChI=1S/C25H32F2N6O4/c1-30-20-12-17(2-3-18(20)23(29-30)33-11-7-21(35)28-24(33)37)19-6-8-31(15-25(19,26)27)13-16-4-9-32(10-5-16)22(36)14-34/h2-3,12,16,19,34H,4-11,13-15H2,1H3,(H,28,35,37)/t19-/m0/s1. The lowest BCUT2D eigenvalue weighted by molar-refractivity contribution is -0.135. The minimum Gasteiger partial charge on any atom is -0.387 e. The lowest BCUT2D eigenvalue weighted by Crippen LogP contribution is -2.50. The van der Waals surface area contributed by atoms with Gasteiger partial charge in [-0.25, -0.2) is 13.6 Å². The number of hydrogen-bond acceptors (Lipinski definition) is 6. The summed E-state index contributed by atoms with van der Waals surface area (Å²) in [6.45, 7) is 1.65. The third kappa shape index (κ3) is 5.04. The summed E-state index contributed by atoms with van der Waals surface area (Å²) in [5.41, 5.74) is 1.19. The van der Waals surface area contributed by atoms with Gasteiger partial charge in [-0.15, -0.1) is 0 Å². The highest BCUT2D eigenvalue weighted by atomic mass is 19.3. The van der Waals surface area contributed by atoms with E-state index in [4.69, 9.17) is 5.11 Å². The van der Waals surface area contributed by atoms with Crippen LogP contribution in [0.4, 0.5) is 19.4 Å². The fraction of sp³-hybridized carbons (Fsp3) is 0.600. The molecule has 1 aromatic heterocycles. The van der Waals surface area contributed by atoms with Crippen LogP contribution < -0.4 is 10.2 Å². The molecular formula is C25H32F2N6O4. The summed E-state index contributed by atoms with van der Waals surface area (Å²) < 4.78 is 32.4. The smallest absolute Gasteiger partial charge is 0.329 e. The van der Waals surface area contributed by atoms with E-state index in [1.54, 1.807) is 34.8 Å². The molecular weight excluding hydrogens is 486 g/mol. The van der Waals surface area contributed by atoms with Crippen molar-refractivity contribution in [1.29, 1.82) is 0 Å². The number of halogens is 2. The molecule has 2 N–H and O–H groups in total. The van der Waals surface area contributed by atoms with Crippen LogP contribution in [-0.2, 0) is 16.6 Å². The Morgan fingerprint density at radius 2 is 1.92 bits per heavy atom. The number of urea groups is 1. The zero-order valence-corrected chi connectivity index (χ0v) is 20.8. The Balaban J connectivity index is 1.26. The van der Waals surface area contributed by atoms with Crippen molar-refractivity contribution < 1.29 is 28.3 Å². The minimum absolute atomic E-state index is 0.173. The van der Waals surface area contributed by atoms with Crippen molar-refractivity contribution in [3.63, 3.8) is 0 Å². The number of rotatable bonds is 5. The van der Waals surface area contributed by atoms with Gasteiger partial charge in [0.2, 0.25) is 11.8 Å². The highest BCUT2D eigenvalue weighted by Crippen LogP contribution is 2.42. The molecule has 0 spiro atoms. The van der Waals surface area contributed by atoms with E-state index in [1.807, 2.05) is 4.90 Å². The lowest BCUT2D eigenvalue weighted by atomic mass is 9.85. The van der Waals surface area contributed by atoms with Crippen molar-refractivity contribution in [1.82, 2.24) is 24.9 Å². The van der Waals surface area contributed by atoms with Gasteiger partial charge >= 0.3 is 6.03 Å². The topological polar surface area (TPSA) is 111 Å². The number of fused-ring (bicyclic) bond motifs is 1. The van der Waals surface area contributed by atoms with Crippen LogP contribution in [0.3, 0.4) is 0 Å². The van der Waals surface area contributed by atoms with Crippen LogP contribution in [0, 0.1) is 5.92 Å². The number of anilines is 1. The van der Waals surface area contributed by atoms with Gasteiger partial charge in [-0.1, -0.05) is 6.07 Å². The van der Waals surface area contributed by atoms with Gasteiger partial charge in [0.25, 0.3) is 5.92 Å². The molecule has 4 amide bonds. The van der Waals surface area contributed by atoms with Crippen LogP contribution >= 0.6 is 0 Å². The molecule has 10 nitrogen and oxygen atoms in total. The zero-order chi connectivity index (χ0) is 26.3. The summed E-state index contributed by atoms with van der Waals surface area (Å²) in [7, 11) is 1.71. The molecule has 0 bridgehead atoms. The first-order valence-electron chi connectivity index (χ1n) is 12.7. The van der Waals surface area contributed by atoms with Gasteiger partial charge in [0.1, 0.15) is 6.61 Å². The molecule has 0 saturated carbocycles. The number of nitrogens with one attached hydrogen (secondary N) is 1.